The number of rotatable bonds is 10. The molecule has 1 atom stereocenters. The first-order valence-corrected chi connectivity index (χ1v) is 9.36. The number of methoxy groups -OCH3 is 1. The van der Waals surface area contributed by atoms with Crippen molar-refractivity contribution in [3.05, 3.63) is 95.3 Å². The summed E-state index contributed by atoms with van der Waals surface area (Å²) in [5, 5.41) is 0. The summed E-state index contributed by atoms with van der Waals surface area (Å²) < 4.78 is 30.4. The molecule has 0 spiro atoms. The van der Waals surface area contributed by atoms with E-state index < -0.39 is 0 Å². The van der Waals surface area contributed by atoms with E-state index in [0.717, 1.165) is 17.4 Å². The van der Waals surface area contributed by atoms with Gasteiger partial charge in [0.2, 0.25) is 0 Å². The zero-order valence-corrected chi connectivity index (χ0v) is 16.2. The number of hydrogen-bond acceptors (Lipinski definition) is 4. The van der Waals surface area contributed by atoms with Gasteiger partial charge in [-0.2, -0.15) is 0 Å². The molecule has 29 heavy (non-hydrogen) atoms. The minimum atomic E-state index is -0.345. The Hall–Kier alpha value is -3.18. The van der Waals surface area contributed by atoms with Gasteiger partial charge in [0, 0.05) is 19.1 Å². The minimum absolute atomic E-state index is 0.264. The van der Waals surface area contributed by atoms with Crippen LogP contribution in [-0.4, -0.2) is 26.6 Å². The van der Waals surface area contributed by atoms with Crippen molar-refractivity contribution in [1.29, 1.82) is 0 Å². The van der Waals surface area contributed by atoms with Crippen LogP contribution in [0, 0.1) is 5.82 Å². The van der Waals surface area contributed by atoms with Crippen LogP contribution in [0.25, 0.3) is 0 Å². The third-order valence-electron chi connectivity index (χ3n) is 4.42. The minimum Gasteiger partial charge on any atom is -0.489 e. The van der Waals surface area contributed by atoms with Gasteiger partial charge in [-0.25, -0.2) is 4.39 Å². The van der Waals surface area contributed by atoms with Crippen LogP contribution in [0.5, 0.6) is 11.5 Å². The highest BCUT2D eigenvalue weighted by Crippen LogP contribution is 2.32. The topological polar surface area (TPSA) is 44.8 Å². The summed E-state index contributed by atoms with van der Waals surface area (Å²) in [6, 6.07) is 21.1. The molecular weight excluding hydrogens is 371 g/mol. The number of halogens is 1. The zero-order chi connectivity index (χ0) is 20.5. The lowest BCUT2D eigenvalue weighted by Crippen LogP contribution is -2.14. The molecule has 3 aromatic rings. The Morgan fingerprint density at radius 3 is 2.41 bits per heavy atom. The predicted octanol–water partition coefficient (Wildman–Crippen LogP) is 5.03. The number of hydrogen-bond donors (Lipinski definition) is 0. The molecule has 0 aliphatic carbocycles. The number of ether oxygens (including phenoxy) is 3. The van der Waals surface area contributed by atoms with E-state index in [4.69, 9.17) is 14.2 Å². The molecule has 0 heterocycles. The summed E-state index contributed by atoms with van der Waals surface area (Å²) in [5.41, 5.74) is 2.43. The van der Waals surface area contributed by atoms with Crippen LogP contribution >= 0.6 is 0 Å². The average molecular weight is 394 g/mol. The van der Waals surface area contributed by atoms with Gasteiger partial charge in [-0.1, -0.05) is 42.5 Å². The molecule has 1 unspecified atom stereocenters. The van der Waals surface area contributed by atoms with Gasteiger partial charge in [0.25, 0.3) is 0 Å². The van der Waals surface area contributed by atoms with Crippen molar-refractivity contribution in [1.82, 2.24) is 0 Å². The first-order valence-electron chi connectivity index (χ1n) is 9.36. The van der Waals surface area contributed by atoms with Gasteiger partial charge in [-0.15, -0.1) is 0 Å². The molecule has 0 aliphatic heterocycles. The summed E-state index contributed by atoms with van der Waals surface area (Å²) in [4.78, 5) is 11.2. The van der Waals surface area contributed by atoms with Crippen LogP contribution in [0.2, 0.25) is 0 Å². The lowest BCUT2D eigenvalue weighted by molar-refractivity contribution is 0.0782. The molecule has 0 saturated heterocycles. The highest BCUT2D eigenvalue weighted by molar-refractivity contribution is 5.76. The standard InChI is InChI=1S/C24H23FO4/c1-27-17-24(20-5-3-2-4-6-20)29-23-15-19(16-26)9-12-22(23)28-14-13-18-7-10-21(25)11-8-18/h2-12,15-16,24H,13-14,17H2,1H3. The van der Waals surface area contributed by atoms with Gasteiger partial charge in [0.05, 0.1) is 13.2 Å². The fourth-order valence-electron chi connectivity index (χ4n) is 2.91. The molecule has 0 N–H and O–H groups in total. The zero-order valence-electron chi connectivity index (χ0n) is 16.2. The second-order valence-corrected chi connectivity index (χ2v) is 6.52. The van der Waals surface area contributed by atoms with E-state index in [0.29, 0.717) is 36.7 Å². The molecule has 0 radical (unpaired) electrons. The van der Waals surface area contributed by atoms with Gasteiger partial charge >= 0.3 is 0 Å². The van der Waals surface area contributed by atoms with E-state index in [9.17, 15) is 9.18 Å². The first kappa shape index (κ1) is 20.6. The Labute approximate surface area is 169 Å². The van der Waals surface area contributed by atoms with Gasteiger partial charge in [0.1, 0.15) is 18.2 Å². The molecule has 3 rings (SSSR count). The third-order valence-corrected chi connectivity index (χ3v) is 4.42. The Morgan fingerprint density at radius 1 is 0.966 bits per heavy atom. The Morgan fingerprint density at radius 2 is 1.72 bits per heavy atom. The molecule has 150 valence electrons. The second kappa shape index (κ2) is 10.4. The number of benzene rings is 3. The van der Waals surface area contributed by atoms with E-state index in [1.54, 1.807) is 37.4 Å². The van der Waals surface area contributed by atoms with Crippen molar-refractivity contribution in [2.24, 2.45) is 0 Å². The van der Waals surface area contributed by atoms with E-state index >= 15 is 0 Å². The predicted molar refractivity (Wildman–Crippen MR) is 109 cm³/mol. The number of carbonyl (C=O) groups is 1. The normalized spacial score (nSPS) is 11.7. The molecule has 0 bridgehead atoms. The summed E-state index contributed by atoms with van der Waals surface area (Å²) in [6.45, 7) is 0.743. The van der Waals surface area contributed by atoms with Gasteiger partial charge < -0.3 is 14.2 Å². The number of carbonyl (C=O) groups excluding carboxylic acids is 1. The van der Waals surface area contributed by atoms with E-state index in [1.165, 1.54) is 12.1 Å². The van der Waals surface area contributed by atoms with Crippen molar-refractivity contribution in [2.45, 2.75) is 12.5 Å². The number of aldehydes is 1. The maximum absolute atomic E-state index is 13.0. The molecule has 0 aliphatic rings. The maximum atomic E-state index is 13.0. The first-order chi connectivity index (χ1) is 14.2. The van der Waals surface area contributed by atoms with Gasteiger partial charge in [0.15, 0.2) is 11.5 Å². The molecule has 4 nitrogen and oxygen atoms in total. The largest absolute Gasteiger partial charge is 0.489 e. The molecule has 0 saturated carbocycles. The summed E-state index contributed by atoms with van der Waals surface area (Å²) >= 11 is 0. The fraction of sp³-hybridized carbons (Fsp3) is 0.208. The summed E-state index contributed by atoms with van der Waals surface area (Å²) in [5.74, 6) is 0.745. The molecule has 3 aromatic carbocycles. The van der Waals surface area contributed by atoms with Crippen LogP contribution in [0.15, 0.2) is 72.8 Å². The molecule has 0 amide bonds. The van der Waals surface area contributed by atoms with E-state index in [1.807, 2.05) is 30.3 Å². The van der Waals surface area contributed by atoms with Crippen LogP contribution in [-0.2, 0) is 11.2 Å². The summed E-state index contributed by atoms with van der Waals surface area (Å²) in [6.07, 6.45) is 1.04. The van der Waals surface area contributed by atoms with Gasteiger partial charge in [-0.05, 0) is 41.5 Å². The quantitative estimate of drug-likeness (QED) is 0.453. The maximum Gasteiger partial charge on any atom is 0.162 e. The molecule has 0 aromatic heterocycles. The highest BCUT2D eigenvalue weighted by Gasteiger charge is 2.16. The Kier molecular flexibility index (Phi) is 7.36. The lowest BCUT2D eigenvalue weighted by atomic mass is 10.1. The third kappa shape index (κ3) is 5.90. The highest BCUT2D eigenvalue weighted by atomic mass is 19.1. The molecular formula is C24H23FO4. The van der Waals surface area contributed by atoms with Crippen molar-refractivity contribution in [3.8, 4) is 11.5 Å². The van der Waals surface area contributed by atoms with Crippen LogP contribution < -0.4 is 9.47 Å². The Bertz CT molecular complexity index is 910. The van der Waals surface area contributed by atoms with Crippen LogP contribution in [0.1, 0.15) is 27.6 Å². The van der Waals surface area contributed by atoms with E-state index in [-0.39, 0.29) is 11.9 Å². The van der Waals surface area contributed by atoms with E-state index in [2.05, 4.69) is 0 Å². The molecule has 0 fully saturated rings. The van der Waals surface area contributed by atoms with Gasteiger partial charge in [-0.3, -0.25) is 4.79 Å². The van der Waals surface area contributed by atoms with Crippen LogP contribution in [0.4, 0.5) is 4.39 Å². The van der Waals surface area contributed by atoms with Crippen LogP contribution in [0.3, 0.4) is 0 Å². The average Bonchev–Trinajstić information content (AvgIpc) is 2.76. The van der Waals surface area contributed by atoms with Crippen molar-refractivity contribution in [2.75, 3.05) is 20.3 Å². The van der Waals surface area contributed by atoms with Crippen molar-refractivity contribution < 1.29 is 23.4 Å². The molecule has 5 heteroatoms. The van der Waals surface area contributed by atoms with Crippen molar-refractivity contribution in [3.63, 3.8) is 0 Å². The SMILES string of the molecule is COCC(Oc1cc(C=O)ccc1OCCc1ccc(F)cc1)c1ccccc1. The van der Waals surface area contributed by atoms with Crippen molar-refractivity contribution >= 4 is 6.29 Å². The monoisotopic (exact) mass is 394 g/mol. The summed E-state index contributed by atoms with van der Waals surface area (Å²) in [7, 11) is 1.61. The fourth-order valence-corrected chi connectivity index (χ4v) is 2.91. The second-order valence-electron chi connectivity index (χ2n) is 6.52. The lowest BCUT2D eigenvalue weighted by Gasteiger charge is -2.21. The Balaban J connectivity index is 1.75. The smallest absolute Gasteiger partial charge is 0.162 e.